The average molecular weight is 422 g/mol. The minimum absolute atomic E-state index is 0.0647. The van der Waals surface area contributed by atoms with Crippen LogP contribution in [0.5, 0.6) is 0 Å². The number of amides is 2. The molecule has 1 atom stereocenters. The number of piperazine rings is 1. The van der Waals surface area contributed by atoms with E-state index in [1.54, 1.807) is 36.7 Å². The fourth-order valence-corrected chi connectivity index (χ4v) is 5.65. The highest BCUT2D eigenvalue weighted by Gasteiger charge is 2.58. The zero-order chi connectivity index (χ0) is 20.9. The Morgan fingerprint density at radius 3 is 2.60 bits per heavy atom. The number of thioether (sulfide) groups is 1. The zero-order valence-corrected chi connectivity index (χ0v) is 16.8. The fourth-order valence-electron chi connectivity index (χ4n) is 4.30. The summed E-state index contributed by atoms with van der Waals surface area (Å²) >= 11 is 1.17. The summed E-state index contributed by atoms with van der Waals surface area (Å²) in [5, 5.41) is 2.76. The topological polar surface area (TPSA) is 112 Å². The molecule has 1 unspecified atom stereocenters. The molecule has 1 aliphatic carbocycles. The summed E-state index contributed by atoms with van der Waals surface area (Å²) < 4.78 is 0. The maximum Gasteiger partial charge on any atom is 0.254 e. The lowest BCUT2D eigenvalue weighted by Crippen LogP contribution is -2.69. The standard InChI is InChI=1S/C21H18N4O4S/c26-15-10-25(9-3-6-14-22-7-8-23-14)20(29)21(24-15)11-30-19-16(21)17(27)12-4-1-2-5-13(12)18(19)28/h1-2,4-5,7-8H,3,6,9-11H2,(H,22,23)(H,24,26). The van der Waals surface area contributed by atoms with Crippen LogP contribution in [0.4, 0.5) is 0 Å². The molecule has 2 N–H and O–H groups in total. The first kappa shape index (κ1) is 18.8. The third-order valence-corrected chi connectivity index (χ3v) is 6.93. The van der Waals surface area contributed by atoms with Crippen LogP contribution in [0.15, 0.2) is 47.1 Å². The van der Waals surface area contributed by atoms with Gasteiger partial charge in [0.15, 0.2) is 11.3 Å². The van der Waals surface area contributed by atoms with E-state index < -0.39 is 5.54 Å². The van der Waals surface area contributed by atoms with E-state index in [-0.39, 0.29) is 51.7 Å². The Bertz CT molecular complexity index is 1120. The molecule has 1 aromatic heterocycles. The summed E-state index contributed by atoms with van der Waals surface area (Å²) in [6.45, 7) is 0.297. The number of carbonyl (C=O) groups excluding carboxylic acids is 4. The molecule has 0 bridgehead atoms. The van der Waals surface area contributed by atoms with Gasteiger partial charge in [0, 0.05) is 42.2 Å². The number of Topliss-reactive ketones (excluding diaryl/α,β-unsaturated/α-hetero) is 2. The van der Waals surface area contributed by atoms with Crippen LogP contribution < -0.4 is 5.32 Å². The van der Waals surface area contributed by atoms with Crippen LogP contribution in [-0.4, -0.2) is 62.6 Å². The van der Waals surface area contributed by atoms with E-state index in [1.165, 1.54) is 16.7 Å². The highest BCUT2D eigenvalue weighted by atomic mass is 32.2. The predicted molar refractivity (Wildman–Crippen MR) is 109 cm³/mol. The quantitative estimate of drug-likeness (QED) is 0.764. The summed E-state index contributed by atoms with van der Waals surface area (Å²) in [6, 6.07) is 6.60. The molecule has 2 aromatic rings. The lowest BCUT2D eigenvalue weighted by atomic mass is 9.78. The number of fused-ring (bicyclic) bond motifs is 2. The minimum Gasteiger partial charge on any atom is -0.349 e. The van der Waals surface area contributed by atoms with Crippen molar-refractivity contribution < 1.29 is 19.2 Å². The maximum absolute atomic E-state index is 13.5. The van der Waals surface area contributed by atoms with E-state index in [0.717, 1.165) is 5.82 Å². The highest BCUT2D eigenvalue weighted by Crippen LogP contribution is 2.46. The van der Waals surface area contributed by atoms with Gasteiger partial charge in [-0.2, -0.15) is 0 Å². The van der Waals surface area contributed by atoms with Crippen molar-refractivity contribution in [2.75, 3.05) is 18.8 Å². The fraction of sp³-hybridized carbons (Fsp3) is 0.286. The minimum atomic E-state index is -1.49. The molecule has 1 aromatic carbocycles. The number of hydrogen-bond acceptors (Lipinski definition) is 6. The van der Waals surface area contributed by atoms with Gasteiger partial charge in [0.2, 0.25) is 11.7 Å². The smallest absolute Gasteiger partial charge is 0.254 e. The number of H-pyrrole nitrogens is 1. The van der Waals surface area contributed by atoms with Crippen molar-refractivity contribution in [2.45, 2.75) is 18.4 Å². The molecule has 30 heavy (non-hydrogen) atoms. The summed E-state index contributed by atoms with van der Waals surface area (Å²) in [7, 11) is 0. The summed E-state index contributed by atoms with van der Waals surface area (Å²) in [5.41, 5.74) is -0.749. The second-order valence-electron chi connectivity index (χ2n) is 7.52. The summed E-state index contributed by atoms with van der Waals surface area (Å²) in [6.07, 6.45) is 4.66. The van der Waals surface area contributed by atoms with Crippen molar-refractivity contribution >= 4 is 35.1 Å². The second-order valence-corrected chi connectivity index (χ2v) is 8.50. The van der Waals surface area contributed by atoms with Gasteiger partial charge in [-0.05, 0) is 6.42 Å². The molecule has 1 spiro atoms. The number of ketones is 2. The van der Waals surface area contributed by atoms with E-state index in [1.807, 2.05) is 0 Å². The molecule has 1 saturated heterocycles. The number of carbonyl (C=O) groups is 4. The predicted octanol–water partition coefficient (Wildman–Crippen LogP) is 1.12. The van der Waals surface area contributed by atoms with Crippen molar-refractivity contribution in [1.29, 1.82) is 0 Å². The van der Waals surface area contributed by atoms with Gasteiger partial charge in [0.05, 0.1) is 17.0 Å². The van der Waals surface area contributed by atoms with E-state index in [2.05, 4.69) is 15.3 Å². The van der Waals surface area contributed by atoms with Crippen molar-refractivity contribution in [1.82, 2.24) is 20.2 Å². The van der Waals surface area contributed by atoms with Crippen LogP contribution in [0.1, 0.15) is 33.0 Å². The van der Waals surface area contributed by atoms with Crippen molar-refractivity contribution in [3.63, 3.8) is 0 Å². The number of benzene rings is 1. The zero-order valence-electron chi connectivity index (χ0n) is 15.9. The Balaban J connectivity index is 1.46. The van der Waals surface area contributed by atoms with Gasteiger partial charge in [-0.1, -0.05) is 24.3 Å². The Morgan fingerprint density at radius 2 is 1.87 bits per heavy atom. The Morgan fingerprint density at radius 1 is 1.10 bits per heavy atom. The Kier molecular flexibility index (Phi) is 4.35. The molecule has 2 amide bonds. The average Bonchev–Trinajstić information content (AvgIpc) is 3.39. The number of nitrogens with zero attached hydrogens (tertiary/aromatic N) is 2. The van der Waals surface area contributed by atoms with Crippen molar-refractivity contribution in [2.24, 2.45) is 0 Å². The number of aromatic amines is 1. The van der Waals surface area contributed by atoms with Crippen LogP contribution in [0, 0.1) is 0 Å². The third kappa shape index (κ3) is 2.72. The lowest BCUT2D eigenvalue weighted by Gasteiger charge is -2.41. The number of nitrogens with one attached hydrogen (secondary N) is 2. The highest BCUT2D eigenvalue weighted by molar-refractivity contribution is 8.04. The number of hydrogen-bond donors (Lipinski definition) is 2. The van der Waals surface area contributed by atoms with E-state index >= 15 is 0 Å². The normalized spacial score (nSPS) is 23.1. The van der Waals surface area contributed by atoms with E-state index in [0.29, 0.717) is 24.9 Å². The number of allylic oxidation sites excluding steroid dienone is 1. The molecule has 0 saturated carbocycles. The lowest BCUT2D eigenvalue weighted by molar-refractivity contribution is -0.147. The molecule has 0 radical (unpaired) electrons. The number of aromatic nitrogens is 2. The van der Waals surface area contributed by atoms with Gasteiger partial charge in [-0.15, -0.1) is 11.8 Å². The van der Waals surface area contributed by atoms with Crippen LogP contribution in [0.3, 0.4) is 0 Å². The molecular weight excluding hydrogens is 404 g/mol. The van der Waals surface area contributed by atoms with Gasteiger partial charge >= 0.3 is 0 Å². The summed E-state index contributed by atoms with van der Waals surface area (Å²) in [5.74, 6) is -0.344. The third-order valence-electron chi connectivity index (χ3n) is 5.67. The largest absolute Gasteiger partial charge is 0.349 e. The SMILES string of the molecule is O=C1CN(CCCc2ncc[nH]2)C(=O)C2(CSC3=C2C(=O)c2ccccc2C3=O)N1. The molecule has 5 rings (SSSR count). The molecular formula is C21H18N4O4S. The van der Waals surface area contributed by atoms with Crippen LogP contribution in [0.25, 0.3) is 0 Å². The van der Waals surface area contributed by atoms with Crippen molar-refractivity contribution in [3.05, 3.63) is 64.1 Å². The first-order valence-electron chi connectivity index (χ1n) is 9.66. The van der Waals surface area contributed by atoms with Gasteiger partial charge < -0.3 is 15.2 Å². The molecule has 1 fully saturated rings. The molecule has 8 nitrogen and oxygen atoms in total. The molecule has 3 heterocycles. The molecule has 9 heteroatoms. The summed E-state index contributed by atoms with van der Waals surface area (Å²) in [4.78, 5) is 61.2. The van der Waals surface area contributed by atoms with Crippen LogP contribution in [-0.2, 0) is 16.0 Å². The second kappa shape index (κ2) is 6.94. The van der Waals surface area contributed by atoms with E-state index in [4.69, 9.17) is 0 Å². The number of aryl methyl sites for hydroxylation is 1. The van der Waals surface area contributed by atoms with Gasteiger partial charge in [0.1, 0.15) is 5.82 Å². The van der Waals surface area contributed by atoms with Crippen LogP contribution >= 0.6 is 11.8 Å². The van der Waals surface area contributed by atoms with E-state index in [9.17, 15) is 19.2 Å². The monoisotopic (exact) mass is 422 g/mol. The van der Waals surface area contributed by atoms with Gasteiger partial charge in [-0.3, -0.25) is 19.2 Å². The Labute approximate surface area is 176 Å². The Hall–Kier alpha value is -3.20. The molecule has 152 valence electrons. The van der Waals surface area contributed by atoms with Crippen molar-refractivity contribution in [3.8, 4) is 0 Å². The molecule has 3 aliphatic rings. The first-order chi connectivity index (χ1) is 14.5. The maximum atomic E-state index is 13.5. The molecule has 2 aliphatic heterocycles. The van der Waals surface area contributed by atoms with Gasteiger partial charge in [0.25, 0.3) is 5.91 Å². The number of imidazole rings is 1. The number of rotatable bonds is 4. The first-order valence-corrected chi connectivity index (χ1v) is 10.6. The van der Waals surface area contributed by atoms with Crippen LogP contribution in [0.2, 0.25) is 0 Å². The van der Waals surface area contributed by atoms with Gasteiger partial charge in [-0.25, -0.2) is 4.98 Å².